The predicted octanol–water partition coefficient (Wildman–Crippen LogP) is 4.13. The Morgan fingerprint density at radius 2 is 1.82 bits per heavy atom. The van der Waals surface area contributed by atoms with Gasteiger partial charge in [-0.2, -0.15) is 13.2 Å². The van der Waals surface area contributed by atoms with E-state index in [1.807, 2.05) is 30.3 Å². The highest BCUT2D eigenvalue weighted by molar-refractivity contribution is 6.33. The Morgan fingerprint density at radius 3 is 2.39 bits per heavy atom. The minimum absolute atomic E-state index is 0.0456. The monoisotopic (exact) mass is 412 g/mol. The van der Waals surface area contributed by atoms with E-state index in [2.05, 4.69) is 4.98 Å². The van der Waals surface area contributed by atoms with Crippen LogP contribution in [0.4, 0.5) is 23.8 Å². The second-order valence-electron chi connectivity index (χ2n) is 6.63. The van der Waals surface area contributed by atoms with Crippen LogP contribution >= 0.6 is 11.6 Å². The minimum Gasteiger partial charge on any atom is -0.352 e. The number of pyridine rings is 1. The standard InChI is InChI=1S/C19H20ClF3N4O/c1-25(13-14-5-3-2-4-6-14)18(28)27-9-7-26(8-10-27)17-16(20)11-15(12-24-17)19(21,22)23/h2-6,11-12H,7-10,13H2,1H3. The van der Waals surface area contributed by atoms with Crippen molar-refractivity contribution in [2.45, 2.75) is 12.7 Å². The molecule has 150 valence electrons. The molecule has 0 aliphatic carbocycles. The zero-order valence-corrected chi connectivity index (χ0v) is 16.0. The summed E-state index contributed by atoms with van der Waals surface area (Å²) in [6, 6.07) is 10.5. The smallest absolute Gasteiger partial charge is 0.352 e. The first kappa shape index (κ1) is 20.3. The molecule has 1 fully saturated rings. The van der Waals surface area contributed by atoms with E-state index >= 15 is 0 Å². The fraction of sp³-hybridized carbons (Fsp3) is 0.368. The van der Waals surface area contributed by atoms with E-state index in [4.69, 9.17) is 11.6 Å². The average Bonchev–Trinajstić information content (AvgIpc) is 2.67. The number of carbonyl (C=O) groups excluding carboxylic acids is 1. The molecule has 1 aliphatic heterocycles. The Bertz CT molecular complexity index is 824. The van der Waals surface area contributed by atoms with E-state index < -0.39 is 11.7 Å². The maximum absolute atomic E-state index is 12.8. The molecule has 1 saturated heterocycles. The highest BCUT2D eigenvalue weighted by Crippen LogP contribution is 2.33. The van der Waals surface area contributed by atoms with Crippen molar-refractivity contribution in [3.63, 3.8) is 0 Å². The van der Waals surface area contributed by atoms with Crippen LogP contribution in [0.2, 0.25) is 5.02 Å². The van der Waals surface area contributed by atoms with Gasteiger partial charge >= 0.3 is 12.2 Å². The molecule has 3 rings (SSSR count). The van der Waals surface area contributed by atoms with Crippen LogP contribution in [-0.4, -0.2) is 54.0 Å². The summed E-state index contributed by atoms with van der Waals surface area (Å²) >= 11 is 6.02. The van der Waals surface area contributed by atoms with E-state index in [0.29, 0.717) is 38.5 Å². The van der Waals surface area contributed by atoms with Gasteiger partial charge in [0.2, 0.25) is 0 Å². The molecule has 1 aromatic carbocycles. The first-order chi connectivity index (χ1) is 13.3. The van der Waals surface area contributed by atoms with Gasteiger partial charge in [-0.05, 0) is 11.6 Å². The fourth-order valence-corrected chi connectivity index (χ4v) is 3.38. The van der Waals surface area contributed by atoms with Gasteiger partial charge < -0.3 is 14.7 Å². The summed E-state index contributed by atoms with van der Waals surface area (Å²) in [5.41, 5.74) is 0.162. The van der Waals surface area contributed by atoms with Crippen LogP contribution in [0.5, 0.6) is 0 Å². The number of piperazine rings is 1. The van der Waals surface area contributed by atoms with Gasteiger partial charge in [0.15, 0.2) is 0 Å². The summed E-state index contributed by atoms with van der Waals surface area (Å²) in [5, 5.41) is -0.0456. The Balaban J connectivity index is 1.59. The molecule has 0 unspecified atom stereocenters. The Morgan fingerprint density at radius 1 is 1.18 bits per heavy atom. The SMILES string of the molecule is CN(Cc1ccccc1)C(=O)N1CCN(c2ncc(C(F)(F)F)cc2Cl)CC1. The van der Waals surface area contributed by atoms with Crippen LogP contribution in [0, 0.1) is 0 Å². The lowest BCUT2D eigenvalue weighted by atomic mass is 10.2. The lowest BCUT2D eigenvalue weighted by Gasteiger charge is -2.37. The summed E-state index contributed by atoms with van der Waals surface area (Å²) in [4.78, 5) is 21.7. The van der Waals surface area contributed by atoms with Gasteiger partial charge in [-0.1, -0.05) is 41.9 Å². The third-order valence-electron chi connectivity index (χ3n) is 4.59. The number of anilines is 1. The summed E-state index contributed by atoms with van der Waals surface area (Å²) in [6.45, 7) is 2.28. The van der Waals surface area contributed by atoms with Crippen molar-refractivity contribution in [2.75, 3.05) is 38.1 Å². The van der Waals surface area contributed by atoms with Gasteiger partial charge in [-0.15, -0.1) is 0 Å². The van der Waals surface area contributed by atoms with Crippen molar-refractivity contribution in [2.24, 2.45) is 0 Å². The Hall–Kier alpha value is -2.48. The molecular weight excluding hydrogens is 393 g/mol. The van der Waals surface area contributed by atoms with Gasteiger partial charge in [0.05, 0.1) is 10.6 Å². The molecule has 0 N–H and O–H groups in total. The maximum Gasteiger partial charge on any atom is 0.417 e. The second kappa shape index (κ2) is 8.26. The van der Waals surface area contributed by atoms with Crippen molar-refractivity contribution < 1.29 is 18.0 Å². The third-order valence-corrected chi connectivity index (χ3v) is 4.87. The molecule has 2 aromatic rings. The Labute approximate surface area is 166 Å². The predicted molar refractivity (Wildman–Crippen MR) is 101 cm³/mol. The molecule has 1 aromatic heterocycles. The van der Waals surface area contributed by atoms with Crippen LogP contribution in [0.25, 0.3) is 0 Å². The van der Waals surface area contributed by atoms with Crippen molar-refractivity contribution in [3.05, 3.63) is 58.7 Å². The van der Waals surface area contributed by atoms with Gasteiger partial charge in [-0.25, -0.2) is 9.78 Å². The van der Waals surface area contributed by atoms with E-state index in [9.17, 15) is 18.0 Å². The molecule has 1 aliphatic rings. The van der Waals surface area contributed by atoms with E-state index in [0.717, 1.165) is 17.8 Å². The topological polar surface area (TPSA) is 39.7 Å². The molecular formula is C19H20ClF3N4O. The molecule has 28 heavy (non-hydrogen) atoms. The van der Waals surface area contributed by atoms with Gasteiger partial charge in [0.25, 0.3) is 0 Å². The first-order valence-corrected chi connectivity index (χ1v) is 9.15. The lowest BCUT2D eigenvalue weighted by Crippen LogP contribution is -2.52. The summed E-state index contributed by atoms with van der Waals surface area (Å²) in [5.74, 6) is 0.305. The van der Waals surface area contributed by atoms with Crippen LogP contribution < -0.4 is 4.90 Å². The normalized spacial score (nSPS) is 14.9. The first-order valence-electron chi connectivity index (χ1n) is 8.77. The third kappa shape index (κ3) is 4.67. The minimum atomic E-state index is -4.48. The number of rotatable bonds is 3. The fourth-order valence-electron chi connectivity index (χ4n) is 3.09. The van der Waals surface area contributed by atoms with Crippen molar-refractivity contribution in [3.8, 4) is 0 Å². The van der Waals surface area contributed by atoms with Gasteiger partial charge in [0.1, 0.15) is 5.82 Å². The molecule has 9 heteroatoms. The number of halogens is 4. The van der Waals surface area contributed by atoms with Crippen molar-refractivity contribution in [1.29, 1.82) is 0 Å². The molecule has 0 atom stereocenters. The number of alkyl halides is 3. The summed E-state index contributed by atoms with van der Waals surface area (Å²) in [6.07, 6.45) is -3.70. The molecule has 2 amide bonds. The molecule has 2 heterocycles. The molecule has 0 radical (unpaired) electrons. The van der Waals surface area contributed by atoms with E-state index in [1.165, 1.54) is 0 Å². The van der Waals surface area contributed by atoms with Gasteiger partial charge in [-0.3, -0.25) is 0 Å². The van der Waals surface area contributed by atoms with Crippen molar-refractivity contribution >= 4 is 23.4 Å². The molecule has 0 spiro atoms. The van der Waals surface area contributed by atoms with Gasteiger partial charge in [0, 0.05) is 46.0 Å². The molecule has 0 saturated carbocycles. The number of amides is 2. The number of hydrogen-bond donors (Lipinski definition) is 0. The zero-order valence-electron chi connectivity index (χ0n) is 15.3. The number of hydrogen-bond acceptors (Lipinski definition) is 3. The molecule has 0 bridgehead atoms. The summed E-state index contributed by atoms with van der Waals surface area (Å²) in [7, 11) is 1.75. The lowest BCUT2D eigenvalue weighted by molar-refractivity contribution is -0.137. The highest BCUT2D eigenvalue weighted by atomic mass is 35.5. The maximum atomic E-state index is 12.8. The number of carbonyl (C=O) groups is 1. The number of urea groups is 1. The zero-order chi connectivity index (χ0) is 20.3. The second-order valence-corrected chi connectivity index (χ2v) is 7.03. The number of benzene rings is 1. The van der Waals surface area contributed by atoms with E-state index in [1.54, 1.807) is 21.7 Å². The highest BCUT2D eigenvalue weighted by Gasteiger charge is 2.32. The Kier molecular flexibility index (Phi) is 5.98. The number of nitrogens with zero attached hydrogens (tertiary/aromatic N) is 4. The van der Waals surface area contributed by atoms with Crippen molar-refractivity contribution in [1.82, 2.24) is 14.8 Å². The summed E-state index contributed by atoms with van der Waals surface area (Å²) < 4.78 is 38.3. The van der Waals surface area contributed by atoms with Crippen LogP contribution in [0.3, 0.4) is 0 Å². The quantitative estimate of drug-likeness (QED) is 0.761. The number of aromatic nitrogens is 1. The largest absolute Gasteiger partial charge is 0.417 e. The van der Waals surface area contributed by atoms with Crippen LogP contribution in [0.15, 0.2) is 42.6 Å². The van der Waals surface area contributed by atoms with Crippen LogP contribution in [-0.2, 0) is 12.7 Å². The molecule has 5 nitrogen and oxygen atoms in total. The van der Waals surface area contributed by atoms with E-state index in [-0.39, 0.29) is 11.1 Å². The van der Waals surface area contributed by atoms with Crippen LogP contribution in [0.1, 0.15) is 11.1 Å². The average molecular weight is 413 g/mol.